The van der Waals surface area contributed by atoms with Gasteiger partial charge in [0.05, 0.1) is 16.7 Å². The minimum absolute atomic E-state index is 0.208. The van der Waals surface area contributed by atoms with Crippen LogP contribution in [0, 0.1) is 0 Å². The summed E-state index contributed by atoms with van der Waals surface area (Å²) in [5.41, 5.74) is 6.26. The van der Waals surface area contributed by atoms with E-state index in [1.807, 2.05) is 6.07 Å². The van der Waals surface area contributed by atoms with E-state index in [0.717, 1.165) is 30.1 Å². The van der Waals surface area contributed by atoms with Crippen LogP contribution < -0.4 is 5.73 Å². The fourth-order valence-electron chi connectivity index (χ4n) is 1.93. The number of anilines is 1. The molecule has 1 aliphatic rings. The summed E-state index contributed by atoms with van der Waals surface area (Å²) < 4.78 is 28.6. The van der Waals surface area contributed by atoms with E-state index in [-0.39, 0.29) is 11.0 Å². The van der Waals surface area contributed by atoms with Gasteiger partial charge in [0, 0.05) is 23.5 Å². The molecule has 100 valence electrons. The quantitative estimate of drug-likeness (QED) is 0.677. The van der Waals surface area contributed by atoms with Gasteiger partial charge in [-0.05, 0) is 25.0 Å². The van der Waals surface area contributed by atoms with Gasteiger partial charge in [0.1, 0.15) is 0 Å². The van der Waals surface area contributed by atoms with Crippen molar-refractivity contribution in [2.45, 2.75) is 28.7 Å². The normalized spacial score (nSPS) is 20.2. The smallest absolute Gasteiger partial charge is 0.177 e. The third-order valence-electron chi connectivity index (χ3n) is 2.87. The van der Waals surface area contributed by atoms with Crippen molar-refractivity contribution in [3.8, 4) is 0 Å². The van der Waals surface area contributed by atoms with E-state index >= 15 is 0 Å². The van der Waals surface area contributed by atoms with Crippen LogP contribution in [0.1, 0.15) is 12.8 Å². The lowest BCUT2D eigenvalue weighted by Crippen LogP contribution is -2.09. The van der Waals surface area contributed by atoms with Gasteiger partial charge in [0.15, 0.2) is 9.84 Å². The van der Waals surface area contributed by atoms with E-state index in [2.05, 4.69) is 0 Å². The number of ether oxygens (including phenoxy) is 1. The van der Waals surface area contributed by atoms with Gasteiger partial charge in [0.25, 0.3) is 0 Å². The van der Waals surface area contributed by atoms with Crippen LogP contribution in [0.5, 0.6) is 0 Å². The van der Waals surface area contributed by atoms with E-state index in [9.17, 15) is 8.42 Å². The molecule has 18 heavy (non-hydrogen) atoms. The highest BCUT2D eigenvalue weighted by Gasteiger charge is 2.18. The number of nitrogens with two attached hydrogens (primary N) is 1. The van der Waals surface area contributed by atoms with Gasteiger partial charge in [-0.25, -0.2) is 8.42 Å². The molecule has 4 nitrogen and oxygen atoms in total. The molecule has 1 aromatic rings. The van der Waals surface area contributed by atoms with Crippen molar-refractivity contribution in [3.63, 3.8) is 0 Å². The molecule has 0 amide bonds. The summed E-state index contributed by atoms with van der Waals surface area (Å²) in [6.45, 7) is 0.823. The molecule has 0 bridgehead atoms. The van der Waals surface area contributed by atoms with E-state index in [1.165, 1.54) is 6.26 Å². The molecule has 1 aromatic carbocycles. The summed E-state index contributed by atoms with van der Waals surface area (Å²) in [7, 11) is -3.26. The van der Waals surface area contributed by atoms with Crippen LogP contribution in [0.25, 0.3) is 0 Å². The molecule has 2 N–H and O–H groups in total. The van der Waals surface area contributed by atoms with Gasteiger partial charge in [-0.3, -0.25) is 0 Å². The number of thioether (sulfide) groups is 1. The Morgan fingerprint density at radius 1 is 1.50 bits per heavy atom. The summed E-state index contributed by atoms with van der Waals surface area (Å²) in [6, 6.07) is 5.12. The number of rotatable bonds is 4. The van der Waals surface area contributed by atoms with Gasteiger partial charge in [0.2, 0.25) is 0 Å². The molecule has 6 heteroatoms. The molecule has 0 saturated carbocycles. The maximum atomic E-state index is 11.6. The van der Waals surface area contributed by atoms with Gasteiger partial charge in [-0.15, -0.1) is 11.8 Å². The lowest BCUT2D eigenvalue weighted by atomic mass is 10.3. The number of para-hydroxylation sites is 1. The highest BCUT2D eigenvalue weighted by molar-refractivity contribution is 7.99. The molecule has 1 heterocycles. The number of benzene rings is 1. The predicted molar refractivity (Wildman–Crippen MR) is 73.7 cm³/mol. The molecule has 1 saturated heterocycles. The standard InChI is InChI=1S/C12H17NO3S2/c1-18(14,15)11-6-2-5-10(12(11)13)17-8-9-4-3-7-16-9/h2,5-6,9H,3-4,7-8,13H2,1H3. The first kappa shape index (κ1) is 13.7. The summed E-state index contributed by atoms with van der Waals surface area (Å²) in [5.74, 6) is 0.817. The van der Waals surface area contributed by atoms with Crippen LogP contribution in [-0.2, 0) is 14.6 Å². The lowest BCUT2D eigenvalue weighted by Gasteiger charge is -2.12. The van der Waals surface area contributed by atoms with Gasteiger partial charge >= 0.3 is 0 Å². The Morgan fingerprint density at radius 2 is 2.28 bits per heavy atom. The average molecular weight is 287 g/mol. The summed E-state index contributed by atoms with van der Waals surface area (Å²) in [4.78, 5) is 1.02. The minimum atomic E-state index is -3.26. The van der Waals surface area contributed by atoms with Crippen molar-refractivity contribution in [2.75, 3.05) is 24.3 Å². The van der Waals surface area contributed by atoms with Crippen molar-refractivity contribution in [2.24, 2.45) is 0 Å². The Labute approximate surface area is 112 Å². The Morgan fingerprint density at radius 3 is 2.89 bits per heavy atom. The topological polar surface area (TPSA) is 69.4 Å². The first-order chi connectivity index (χ1) is 8.48. The number of nitrogen functional groups attached to an aromatic ring is 1. The monoisotopic (exact) mass is 287 g/mol. The van der Waals surface area contributed by atoms with Crippen molar-refractivity contribution >= 4 is 27.3 Å². The minimum Gasteiger partial charge on any atom is -0.397 e. The fraction of sp³-hybridized carbons (Fsp3) is 0.500. The van der Waals surface area contributed by atoms with Crippen molar-refractivity contribution in [3.05, 3.63) is 18.2 Å². The molecular formula is C12H17NO3S2. The molecule has 1 fully saturated rings. The molecule has 0 radical (unpaired) electrons. The third kappa shape index (κ3) is 3.18. The maximum absolute atomic E-state index is 11.6. The number of hydrogen-bond donors (Lipinski definition) is 1. The summed E-state index contributed by atoms with van der Waals surface area (Å²) in [5, 5.41) is 0. The molecule has 0 spiro atoms. The molecule has 1 aliphatic heterocycles. The average Bonchev–Trinajstić information content (AvgIpc) is 2.79. The van der Waals surface area contributed by atoms with Crippen LogP contribution in [-0.4, -0.2) is 33.1 Å². The number of sulfone groups is 1. The van der Waals surface area contributed by atoms with Crippen molar-refractivity contribution in [1.29, 1.82) is 0 Å². The van der Waals surface area contributed by atoms with Gasteiger partial charge in [-0.2, -0.15) is 0 Å². The number of hydrogen-bond acceptors (Lipinski definition) is 5. The molecule has 0 aromatic heterocycles. The first-order valence-electron chi connectivity index (χ1n) is 5.81. The van der Waals surface area contributed by atoms with Gasteiger partial charge in [-0.1, -0.05) is 6.07 Å². The molecule has 1 unspecified atom stereocenters. The second kappa shape index (κ2) is 5.50. The highest BCUT2D eigenvalue weighted by atomic mass is 32.2. The Bertz CT molecular complexity index is 522. The Hall–Kier alpha value is -0.720. The van der Waals surface area contributed by atoms with Crippen LogP contribution in [0.3, 0.4) is 0 Å². The van der Waals surface area contributed by atoms with Crippen LogP contribution in [0.15, 0.2) is 28.0 Å². The van der Waals surface area contributed by atoms with Gasteiger partial charge < -0.3 is 10.5 Å². The Balaban J connectivity index is 2.13. The van der Waals surface area contributed by atoms with Crippen molar-refractivity contribution in [1.82, 2.24) is 0 Å². The summed E-state index contributed by atoms with van der Waals surface area (Å²) in [6.07, 6.45) is 3.60. The van der Waals surface area contributed by atoms with E-state index in [1.54, 1.807) is 23.9 Å². The zero-order valence-electron chi connectivity index (χ0n) is 10.3. The van der Waals surface area contributed by atoms with Crippen LogP contribution in [0.4, 0.5) is 5.69 Å². The van der Waals surface area contributed by atoms with Crippen LogP contribution in [0.2, 0.25) is 0 Å². The molecule has 0 aliphatic carbocycles. The van der Waals surface area contributed by atoms with E-state index in [4.69, 9.17) is 10.5 Å². The second-order valence-corrected chi connectivity index (χ2v) is 7.43. The molecule has 1 atom stereocenters. The Kier molecular flexibility index (Phi) is 4.19. The molecule has 2 rings (SSSR count). The second-order valence-electron chi connectivity index (χ2n) is 4.39. The fourth-order valence-corrected chi connectivity index (χ4v) is 3.90. The largest absolute Gasteiger partial charge is 0.397 e. The third-order valence-corrected chi connectivity index (χ3v) is 5.23. The van der Waals surface area contributed by atoms with E-state index in [0.29, 0.717) is 5.69 Å². The van der Waals surface area contributed by atoms with Crippen molar-refractivity contribution < 1.29 is 13.2 Å². The van der Waals surface area contributed by atoms with E-state index < -0.39 is 9.84 Å². The zero-order valence-corrected chi connectivity index (χ0v) is 11.9. The molecular weight excluding hydrogens is 270 g/mol. The lowest BCUT2D eigenvalue weighted by molar-refractivity contribution is 0.129. The zero-order chi connectivity index (χ0) is 13.2. The SMILES string of the molecule is CS(=O)(=O)c1cccc(SCC2CCCO2)c1N. The summed E-state index contributed by atoms with van der Waals surface area (Å²) >= 11 is 1.56. The maximum Gasteiger partial charge on any atom is 0.177 e. The highest BCUT2D eigenvalue weighted by Crippen LogP contribution is 2.32. The predicted octanol–water partition coefficient (Wildman–Crippen LogP) is 1.94. The first-order valence-corrected chi connectivity index (χ1v) is 8.69. The van der Waals surface area contributed by atoms with Crippen LogP contribution >= 0.6 is 11.8 Å².